The number of aliphatic imine (C=N–C) groups is 1. The maximum absolute atomic E-state index is 4.71. The number of nitrogens with zero attached hydrogens (tertiary/aromatic N) is 3. The highest BCUT2D eigenvalue weighted by molar-refractivity contribution is 7.14. The zero-order valence-electron chi connectivity index (χ0n) is 15.0. The Bertz CT molecular complexity index is 675. The number of piperidine rings is 1. The van der Waals surface area contributed by atoms with E-state index in [9.17, 15) is 0 Å². The van der Waals surface area contributed by atoms with Crippen LogP contribution in [0.3, 0.4) is 0 Å². The summed E-state index contributed by atoms with van der Waals surface area (Å²) < 4.78 is 0. The second kappa shape index (κ2) is 8.85. The van der Waals surface area contributed by atoms with Crippen LogP contribution in [-0.2, 0) is 6.54 Å². The average Bonchev–Trinajstić information content (AvgIpc) is 3.15. The fourth-order valence-electron chi connectivity index (χ4n) is 3.06. The normalized spacial score (nSPS) is 16.1. The highest BCUT2D eigenvalue weighted by atomic mass is 32.1. The molecule has 0 atom stereocenters. The minimum absolute atomic E-state index is 0.472. The summed E-state index contributed by atoms with van der Waals surface area (Å²) in [7, 11) is 0. The summed E-state index contributed by atoms with van der Waals surface area (Å²) in [5.41, 5.74) is 2.04. The first-order chi connectivity index (χ1) is 12.2. The van der Waals surface area contributed by atoms with E-state index >= 15 is 0 Å². The van der Waals surface area contributed by atoms with Crippen LogP contribution in [-0.4, -0.2) is 36.6 Å². The molecule has 0 amide bonds. The van der Waals surface area contributed by atoms with Crippen LogP contribution >= 0.6 is 11.3 Å². The molecule has 1 saturated heterocycles. The van der Waals surface area contributed by atoms with Crippen molar-refractivity contribution >= 4 is 22.3 Å². The van der Waals surface area contributed by atoms with Gasteiger partial charge < -0.3 is 15.5 Å². The molecule has 2 aromatic heterocycles. The smallest absolute Gasteiger partial charge is 0.191 e. The molecular formula is C19H27N5S. The Hall–Kier alpha value is -2.08. The molecule has 1 aliphatic heterocycles. The first-order valence-corrected chi connectivity index (χ1v) is 9.88. The number of guanidine groups is 1. The second-order valence-electron chi connectivity index (χ2n) is 6.32. The van der Waals surface area contributed by atoms with Crippen LogP contribution in [0.15, 0.2) is 40.7 Å². The van der Waals surface area contributed by atoms with Crippen LogP contribution in [0.4, 0.5) is 5.00 Å². The Morgan fingerprint density at radius 3 is 2.80 bits per heavy atom. The molecule has 0 bridgehead atoms. The first kappa shape index (κ1) is 17.7. The highest BCUT2D eigenvalue weighted by Crippen LogP contribution is 2.24. The minimum atomic E-state index is 0.472. The summed E-state index contributed by atoms with van der Waals surface area (Å²) in [5.74, 6) is 0.889. The van der Waals surface area contributed by atoms with Gasteiger partial charge in [-0.15, -0.1) is 11.3 Å². The Balaban J connectivity index is 1.54. The van der Waals surface area contributed by atoms with Crippen molar-refractivity contribution in [1.82, 2.24) is 15.6 Å². The van der Waals surface area contributed by atoms with Gasteiger partial charge in [0, 0.05) is 31.4 Å². The lowest BCUT2D eigenvalue weighted by atomic mass is 10.1. The van der Waals surface area contributed by atoms with Crippen molar-refractivity contribution in [3.63, 3.8) is 0 Å². The molecule has 0 aliphatic carbocycles. The second-order valence-corrected chi connectivity index (χ2v) is 7.25. The number of nitrogens with one attached hydrogen (secondary N) is 2. The van der Waals surface area contributed by atoms with Crippen molar-refractivity contribution in [3.8, 4) is 0 Å². The molecule has 3 rings (SSSR count). The number of aromatic nitrogens is 1. The lowest BCUT2D eigenvalue weighted by Gasteiger charge is -2.33. The molecule has 0 unspecified atom stereocenters. The molecule has 5 nitrogen and oxygen atoms in total. The summed E-state index contributed by atoms with van der Waals surface area (Å²) in [6.45, 7) is 7.76. The van der Waals surface area contributed by atoms with Gasteiger partial charge in [-0.05, 0) is 56.3 Å². The Morgan fingerprint density at radius 1 is 1.28 bits per heavy atom. The largest absolute Gasteiger partial charge is 0.363 e. The van der Waals surface area contributed by atoms with E-state index in [1.165, 1.54) is 5.00 Å². The molecule has 1 aliphatic rings. The first-order valence-electron chi connectivity index (χ1n) is 9.00. The van der Waals surface area contributed by atoms with Gasteiger partial charge in [-0.3, -0.25) is 4.98 Å². The van der Waals surface area contributed by atoms with E-state index in [0.29, 0.717) is 12.6 Å². The van der Waals surface area contributed by atoms with Crippen LogP contribution in [0, 0.1) is 6.92 Å². The molecule has 6 heteroatoms. The zero-order valence-corrected chi connectivity index (χ0v) is 15.9. The Labute approximate surface area is 154 Å². The number of pyridine rings is 1. The standard InChI is InChI=1S/C19H27N5S/c1-3-20-19(21-14-17-7-4-6-15(2)22-17)23-16-9-11-24(12-10-16)18-8-5-13-25-18/h4-8,13,16H,3,9-12,14H2,1-2H3,(H2,20,21,23). The van der Waals surface area contributed by atoms with Crippen LogP contribution in [0.5, 0.6) is 0 Å². The van der Waals surface area contributed by atoms with Crippen molar-refractivity contribution in [3.05, 3.63) is 47.1 Å². The van der Waals surface area contributed by atoms with Gasteiger partial charge >= 0.3 is 0 Å². The molecule has 3 heterocycles. The van der Waals surface area contributed by atoms with Gasteiger partial charge in [0.1, 0.15) is 0 Å². The third-order valence-corrected chi connectivity index (χ3v) is 5.27. The topological polar surface area (TPSA) is 52.6 Å². The fraction of sp³-hybridized carbons (Fsp3) is 0.474. The average molecular weight is 358 g/mol. The number of rotatable bonds is 5. The molecule has 134 valence electrons. The number of hydrogen-bond acceptors (Lipinski definition) is 4. The maximum atomic E-state index is 4.71. The van der Waals surface area contributed by atoms with Crippen molar-refractivity contribution in [2.24, 2.45) is 4.99 Å². The summed E-state index contributed by atoms with van der Waals surface area (Å²) >= 11 is 1.82. The molecule has 0 aromatic carbocycles. The summed E-state index contributed by atoms with van der Waals surface area (Å²) in [5, 5.41) is 10.5. The summed E-state index contributed by atoms with van der Waals surface area (Å²) in [6, 6.07) is 10.9. The van der Waals surface area contributed by atoms with E-state index in [4.69, 9.17) is 4.99 Å². The van der Waals surface area contributed by atoms with Crippen molar-refractivity contribution in [1.29, 1.82) is 0 Å². The molecule has 2 aromatic rings. The Kier molecular flexibility index (Phi) is 6.28. The van der Waals surface area contributed by atoms with Crippen molar-refractivity contribution < 1.29 is 0 Å². The Morgan fingerprint density at radius 2 is 2.12 bits per heavy atom. The van der Waals surface area contributed by atoms with Gasteiger partial charge in [0.05, 0.1) is 17.2 Å². The number of anilines is 1. The number of thiophene rings is 1. The van der Waals surface area contributed by atoms with Crippen molar-refractivity contribution in [2.45, 2.75) is 39.3 Å². The number of aryl methyl sites for hydroxylation is 1. The van der Waals surface area contributed by atoms with E-state index < -0.39 is 0 Å². The van der Waals surface area contributed by atoms with E-state index in [2.05, 4.69) is 45.0 Å². The quantitative estimate of drug-likeness (QED) is 0.637. The van der Waals surface area contributed by atoms with Gasteiger partial charge in [0.25, 0.3) is 0 Å². The van der Waals surface area contributed by atoms with Crippen LogP contribution in [0.1, 0.15) is 31.2 Å². The summed E-state index contributed by atoms with van der Waals surface area (Å²) in [6.07, 6.45) is 2.26. The van der Waals surface area contributed by atoms with Crippen molar-refractivity contribution in [2.75, 3.05) is 24.5 Å². The third-order valence-electron chi connectivity index (χ3n) is 4.34. The van der Waals surface area contributed by atoms with E-state index in [1.54, 1.807) is 0 Å². The lowest BCUT2D eigenvalue weighted by Crippen LogP contribution is -2.48. The predicted molar refractivity (Wildman–Crippen MR) is 106 cm³/mol. The fourth-order valence-corrected chi connectivity index (χ4v) is 3.84. The molecule has 1 fully saturated rings. The molecular weight excluding hydrogens is 330 g/mol. The van der Waals surface area contributed by atoms with Gasteiger partial charge in [0.2, 0.25) is 0 Å². The van der Waals surface area contributed by atoms with E-state index in [0.717, 1.165) is 49.8 Å². The van der Waals surface area contributed by atoms with E-state index in [1.807, 2.05) is 36.5 Å². The summed E-state index contributed by atoms with van der Waals surface area (Å²) in [4.78, 5) is 11.7. The van der Waals surface area contributed by atoms with Gasteiger partial charge in [0.15, 0.2) is 5.96 Å². The maximum Gasteiger partial charge on any atom is 0.191 e. The van der Waals surface area contributed by atoms with E-state index in [-0.39, 0.29) is 0 Å². The number of hydrogen-bond donors (Lipinski definition) is 2. The van der Waals surface area contributed by atoms with Crippen LogP contribution in [0.2, 0.25) is 0 Å². The monoisotopic (exact) mass is 357 g/mol. The molecule has 25 heavy (non-hydrogen) atoms. The minimum Gasteiger partial charge on any atom is -0.363 e. The molecule has 2 N–H and O–H groups in total. The van der Waals surface area contributed by atoms with Gasteiger partial charge in [-0.25, -0.2) is 4.99 Å². The third kappa shape index (κ3) is 5.19. The van der Waals surface area contributed by atoms with Crippen LogP contribution in [0.25, 0.3) is 0 Å². The SMILES string of the molecule is CCNC(=NCc1cccc(C)n1)NC1CCN(c2cccs2)CC1. The van der Waals surface area contributed by atoms with Gasteiger partial charge in [-0.1, -0.05) is 6.07 Å². The molecule has 0 radical (unpaired) electrons. The van der Waals surface area contributed by atoms with Gasteiger partial charge in [-0.2, -0.15) is 0 Å². The highest BCUT2D eigenvalue weighted by Gasteiger charge is 2.20. The molecule has 0 saturated carbocycles. The van der Waals surface area contributed by atoms with Crippen LogP contribution < -0.4 is 15.5 Å². The molecule has 0 spiro atoms. The lowest BCUT2D eigenvalue weighted by molar-refractivity contribution is 0.463. The predicted octanol–water partition coefficient (Wildman–Crippen LogP) is 3.18. The zero-order chi connectivity index (χ0) is 17.5.